The fourth-order valence-corrected chi connectivity index (χ4v) is 3.07. The van der Waals surface area contributed by atoms with E-state index in [2.05, 4.69) is 13.5 Å². The van der Waals surface area contributed by atoms with Crippen LogP contribution in [0.15, 0.2) is 51.9 Å². The number of rotatable bonds is 4. The minimum Gasteiger partial charge on any atom is -0.513 e. The molecule has 3 aromatic rings. The van der Waals surface area contributed by atoms with Gasteiger partial charge in [0.05, 0.1) is 16.5 Å². The molecular formula is C20H20O3. The maximum atomic E-state index is 12.8. The third-order valence-electron chi connectivity index (χ3n) is 4.22. The van der Waals surface area contributed by atoms with Crippen molar-refractivity contribution in [2.24, 2.45) is 0 Å². The van der Waals surface area contributed by atoms with Gasteiger partial charge in [-0.3, -0.25) is 4.79 Å². The van der Waals surface area contributed by atoms with Crippen molar-refractivity contribution in [3.05, 3.63) is 69.6 Å². The monoisotopic (exact) mass is 308 g/mol. The predicted molar refractivity (Wildman–Crippen MR) is 94.2 cm³/mol. The average molecular weight is 308 g/mol. The van der Waals surface area contributed by atoms with Gasteiger partial charge in [0.2, 0.25) is 5.43 Å². The molecule has 0 aliphatic carbocycles. The van der Waals surface area contributed by atoms with Gasteiger partial charge in [0.1, 0.15) is 11.2 Å². The SMILES string of the molecule is C=C(O)Cc1cccc2c(=O)c3ccc(CCC)c(C)c3oc12. The molecule has 1 N–H and O–H groups in total. The minimum atomic E-state index is -0.0298. The largest absolute Gasteiger partial charge is 0.513 e. The maximum Gasteiger partial charge on any atom is 0.200 e. The van der Waals surface area contributed by atoms with Crippen LogP contribution in [-0.4, -0.2) is 5.11 Å². The Balaban J connectivity index is 2.39. The van der Waals surface area contributed by atoms with E-state index >= 15 is 0 Å². The van der Waals surface area contributed by atoms with Gasteiger partial charge in [0.15, 0.2) is 0 Å². The van der Waals surface area contributed by atoms with Gasteiger partial charge >= 0.3 is 0 Å². The third-order valence-corrected chi connectivity index (χ3v) is 4.22. The van der Waals surface area contributed by atoms with Gasteiger partial charge in [-0.1, -0.05) is 38.1 Å². The lowest BCUT2D eigenvalue weighted by molar-refractivity contribution is 0.401. The molecule has 0 radical (unpaired) electrons. The number of aliphatic hydroxyl groups is 1. The van der Waals surface area contributed by atoms with Gasteiger partial charge in [-0.2, -0.15) is 0 Å². The summed E-state index contributed by atoms with van der Waals surface area (Å²) in [5, 5.41) is 10.6. The summed E-state index contributed by atoms with van der Waals surface area (Å²) in [4.78, 5) is 12.8. The zero-order valence-electron chi connectivity index (χ0n) is 13.5. The van der Waals surface area contributed by atoms with Crippen molar-refractivity contribution in [1.29, 1.82) is 0 Å². The second-order valence-corrected chi connectivity index (χ2v) is 5.94. The van der Waals surface area contributed by atoms with Gasteiger partial charge in [0, 0.05) is 12.0 Å². The number of para-hydroxylation sites is 1. The maximum absolute atomic E-state index is 12.8. The molecule has 0 fully saturated rings. The first kappa shape index (κ1) is 15.3. The van der Waals surface area contributed by atoms with Gasteiger partial charge in [-0.15, -0.1) is 0 Å². The summed E-state index contributed by atoms with van der Waals surface area (Å²) in [6.45, 7) is 7.66. The molecule has 3 nitrogen and oxygen atoms in total. The number of fused-ring (bicyclic) bond motifs is 2. The van der Waals surface area contributed by atoms with Crippen LogP contribution in [0, 0.1) is 6.92 Å². The first-order valence-corrected chi connectivity index (χ1v) is 7.86. The van der Waals surface area contributed by atoms with E-state index in [-0.39, 0.29) is 17.6 Å². The van der Waals surface area contributed by atoms with Crippen molar-refractivity contribution in [3.8, 4) is 0 Å². The second kappa shape index (κ2) is 5.92. The normalized spacial score (nSPS) is 11.2. The van der Waals surface area contributed by atoms with E-state index in [9.17, 15) is 9.90 Å². The molecule has 3 heteroatoms. The van der Waals surface area contributed by atoms with Crippen LogP contribution in [0.25, 0.3) is 21.9 Å². The number of allylic oxidation sites excluding steroid dienone is 1. The van der Waals surface area contributed by atoms with Crippen LogP contribution in [-0.2, 0) is 12.8 Å². The highest BCUT2D eigenvalue weighted by molar-refractivity contribution is 5.92. The molecule has 0 saturated carbocycles. The third kappa shape index (κ3) is 2.63. The van der Waals surface area contributed by atoms with E-state index in [0.717, 1.165) is 24.0 Å². The second-order valence-electron chi connectivity index (χ2n) is 5.94. The predicted octanol–water partition coefficient (Wildman–Crippen LogP) is 4.82. The van der Waals surface area contributed by atoms with Gasteiger partial charge in [-0.05, 0) is 36.6 Å². The summed E-state index contributed by atoms with van der Waals surface area (Å²) in [5.74, 6) is 0.0525. The van der Waals surface area contributed by atoms with Crippen molar-refractivity contribution in [2.75, 3.05) is 0 Å². The van der Waals surface area contributed by atoms with Crippen LogP contribution in [0.1, 0.15) is 30.0 Å². The smallest absolute Gasteiger partial charge is 0.200 e. The van der Waals surface area contributed by atoms with Crippen molar-refractivity contribution >= 4 is 21.9 Å². The summed E-state index contributed by atoms with van der Waals surface area (Å²) in [6, 6.07) is 9.30. The zero-order valence-corrected chi connectivity index (χ0v) is 13.5. The number of hydrogen-bond acceptors (Lipinski definition) is 3. The molecule has 0 aliphatic heterocycles. The van der Waals surface area contributed by atoms with E-state index in [1.165, 1.54) is 5.56 Å². The standard InChI is InChI=1S/C20H20O3/c1-4-6-14-9-10-17-18(22)16-8-5-7-15(11-12(2)21)20(16)23-19(17)13(14)3/h5,7-10,21H,2,4,6,11H2,1,3H3. The fraction of sp³-hybridized carbons (Fsp3) is 0.250. The Kier molecular flexibility index (Phi) is 3.95. The Morgan fingerprint density at radius 2 is 1.87 bits per heavy atom. The number of benzene rings is 2. The molecule has 2 aromatic carbocycles. The zero-order chi connectivity index (χ0) is 16.6. The summed E-state index contributed by atoms with van der Waals surface area (Å²) >= 11 is 0. The average Bonchev–Trinajstić information content (AvgIpc) is 2.51. The fourth-order valence-electron chi connectivity index (χ4n) is 3.07. The van der Waals surface area contributed by atoms with E-state index in [0.29, 0.717) is 21.9 Å². The summed E-state index contributed by atoms with van der Waals surface area (Å²) in [5.41, 5.74) is 4.14. The van der Waals surface area contributed by atoms with Crippen molar-refractivity contribution in [3.63, 3.8) is 0 Å². The Morgan fingerprint density at radius 3 is 2.57 bits per heavy atom. The molecule has 0 bridgehead atoms. The molecule has 0 atom stereocenters. The van der Waals surface area contributed by atoms with E-state index in [1.54, 1.807) is 6.07 Å². The summed E-state index contributed by atoms with van der Waals surface area (Å²) in [7, 11) is 0. The lowest BCUT2D eigenvalue weighted by Gasteiger charge is -2.10. The molecule has 118 valence electrons. The van der Waals surface area contributed by atoms with Gasteiger partial charge < -0.3 is 9.52 Å². The molecule has 23 heavy (non-hydrogen) atoms. The molecule has 0 unspecified atom stereocenters. The highest BCUT2D eigenvalue weighted by Crippen LogP contribution is 2.27. The Bertz CT molecular complexity index is 964. The number of hydrogen-bond donors (Lipinski definition) is 1. The topological polar surface area (TPSA) is 50.4 Å². The summed E-state index contributed by atoms with van der Waals surface area (Å²) in [6.07, 6.45) is 2.28. The Labute approximate surface area is 134 Å². The van der Waals surface area contributed by atoms with Crippen LogP contribution in [0.5, 0.6) is 0 Å². The molecule has 0 aliphatic rings. The number of aliphatic hydroxyl groups excluding tert-OH is 1. The molecule has 1 heterocycles. The van der Waals surface area contributed by atoms with E-state index in [1.807, 2.05) is 31.2 Å². The summed E-state index contributed by atoms with van der Waals surface area (Å²) < 4.78 is 6.12. The first-order chi connectivity index (χ1) is 11.0. The molecule has 0 saturated heterocycles. The van der Waals surface area contributed by atoms with Crippen LogP contribution < -0.4 is 5.43 Å². The lowest BCUT2D eigenvalue weighted by Crippen LogP contribution is -2.05. The lowest BCUT2D eigenvalue weighted by atomic mass is 9.99. The molecule has 1 aromatic heterocycles. The van der Waals surface area contributed by atoms with Crippen LogP contribution in [0.3, 0.4) is 0 Å². The van der Waals surface area contributed by atoms with E-state index in [4.69, 9.17) is 4.42 Å². The van der Waals surface area contributed by atoms with Gasteiger partial charge in [0.25, 0.3) is 0 Å². The minimum absolute atomic E-state index is 0.0298. The van der Waals surface area contributed by atoms with Gasteiger partial charge in [-0.25, -0.2) is 0 Å². The van der Waals surface area contributed by atoms with Crippen LogP contribution in [0.4, 0.5) is 0 Å². The van der Waals surface area contributed by atoms with Crippen LogP contribution >= 0.6 is 0 Å². The van der Waals surface area contributed by atoms with Crippen molar-refractivity contribution in [1.82, 2.24) is 0 Å². The first-order valence-electron chi connectivity index (χ1n) is 7.86. The highest BCUT2D eigenvalue weighted by atomic mass is 16.3. The van der Waals surface area contributed by atoms with Crippen molar-refractivity contribution < 1.29 is 9.52 Å². The van der Waals surface area contributed by atoms with Crippen LogP contribution in [0.2, 0.25) is 0 Å². The Morgan fingerprint density at radius 1 is 1.13 bits per heavy atom. The highest BCUT2D eigenvalue weighted by Gasteiger charge is 2.14. The molecule has 0 amide bonds. The number of aryl methyl sites for hydroxylation is 2. The molecule has 0 spiro atoms. The Hall–Kier alpha value is -2.55. The molecule has 3 rings (SSSR count). The molecular weight excluding hydrogens is 288 g/mol. The quantitative estimate of drug-likeness (QED) is 0.555. The van der Waals surface area contributed by atoms with Crippen molar-refractivity contribution in [2.45, 2.75) is 33.1 Å². The van der Waals surface area contributed by atoms with E-state index < -0.39 is 0 Å².